The summed E-state index contributed by atoms with van der Waals surface area (Å²) in [6.45, 7) is 0. The number of ether oxygens (including phenoxy) is 1. The van der Waals surface area contributed by atoms with Gasteiger partial charge in [0, 0.05) is 54.5 Å². The highest BCUT2D eigenvalue weighted by atomic mass is 16.5. The van der Waals surface area contributed by atoms with Gasteiger partial charge in [-0.05, 0) is 125 Å². The third kappa shape index (κ3) is 4.87. The number of para-hydroxylation sites is 6. The minimum atomic E-state index is 0.867. The van der Waals surface area contributed by atoms with Gasteiger partial charge in [-0.25, -0.2) is 0 Å². The molecule has 0 bridgehead atoms. The van der Waals surface area contributed by atoms with E-state index >= 15 is 0 Å². The number of hydrogen-bond donors (Lipinski definition) is 0. The zero-order valence-electron chi connectivity index (χ0n) is 34.9. The standard InChI is InChI=1S/C60H35N3O2/c1-5-15-50-42(11-1)46-31-37(38-24-29-54-47(32-38)43-12-2-6-16-51(43)62(54)41-27-30-57-48(35-41)45-14-4-9-19-56(45)64-57)23-28-53(46)61(50)40-25-21-36(22-26-40)39-33-49-44-13-3-7-17-52(44)63-55-18-8-10-20-58(55)65-59(34-39)60(49)63/h1-35H. The van der Waals surface area contributed by atoms with Crippen LogP contribution in [0.15, 0.2) is 217 Å². The molecule has 0 saturated heterocycles. The van der Waals surface area contributed by atoms with Crippen molar-refractivity contribution in [3.63, 3.8) is 0 Å². The molecule has 0 unspecified atom stereocenters. The number of rotatable bonds is 4. The van der Waals surface area contributed by atoms with E-state index < -0.39 is 0 Å². The van der Waals surface area contributed by atoms with Crippen molar-refractivity contribution in [2.24, 2.45) is 0 Å². The second kappa shape index (κ2) is 12.9. The third-order valence-electron chi connectivity index (χ3n) is 13.8. The number of benzene rings is 10. The van der Waals surface area contributed by atoms with Crippen molar-refractivity contribution in [2.45, 2.75) is 0 Å². The van der Waals surface area contributed by atoms with Gasteiger partial charge < -0.3 is 22.9 Å². The minimum absolute atomic E-state index is 0.867. The highest BCUT2D eigenvalue weighted by Gasteiger charge is 2.25. The fraction of sp³-hybridized carbons (Fsp3) is 0. The monoisotopic (exact) mass is 829 g/mol. The summed E-state index contributed by atoms with van der Waals surface area (Å²) in [6, 6.07) is 76.7. The number of aromatic nitrogens is 3. The highest BCUT2D eigenvalue weighted by Crippen LogP contribution is 2.47. The molecule has 0 atom stereocenters. The summed E-state index contributed by atoms with van der Waals surface area (Å²) >= 11 is 0. The van der Waals surface area contributed by atoms with Gasteiger partial charge in [0.1, 0.15) is 11.2 Å². The lowest BCUT2D eigenvalue weighted by molar-refractivity contribution is 0.476. The molecule has 0 radical (unpaired) electrons. The Labute approximate surface area is 371 Å². The maximum Gasteiger partial charge on any atom is 0.152 e. The molecule has 5 heterocycles. The van der Waals surface area contributed by atoms with Crippen LogP contribution in [0, 0.1) is 0 Å². The molecule has 1 aliphatic rings. The van der Waals surface area contributed by atoms with Gasteiger partial charge >= 0.3 is 0 Å². The van der Waals surface area contributed by atoms with Gasteiger partial charge in [0.05, 0.1) is 38.8 Å². The van der Waals surface area contributed by atoms with Crippen molar-refractivity contribution < 1.29 is 9.15 Å². The van der Waals surface area contributed by atoms with Crippen LogP contribution in [-0.4, -0.2) is 13.7 Å². The van der Waals surface area contributed by atoms with E-state index in [1.54, 1.807) is 0 Å². The summed E-state index contributed by atoms with van der Waals surface area (Å²) < 4.78 is 19.9. The lowest BCUT2D eigenvalue weighted by Crippen LogP contribution is -2.03. The van der Waals surface area contributed by atoms with Gasteiger partial charge in [-0.3, -0.25) is 0 Å². The molecule has 5 heteroatoms. The molecule has 302 valence electrons. The molecule has 0 fully saturated rings. The van der Waals surface area contributed by atoms with Crippen molar-refractivity contribution in [3.05, 3.63) is 212 Å². The summed E-state index contributed by atoms with van der Waals surface area (Å²) in [5.41, 5.74) is 16.8. The lowest BCUT2D eigenvalue weighted by atomic mass is 10.0. The average molecular weight is 830 g/mol. The van der Waals surface area contributed by atoms with E-state index in [2.05, 4.69) is 208 Å². The molecular formula is C60H35N3O2. The van der Waals surface area contributed by atoms with E-state index in [-0.39, 0.29) is 0 Å². The van der Waals surface area contributed by atoms with Gasteiger partial charge in [0.25, 0.3) is 0 Å². The minimum Gasteiger partial charge on any atom is -0.456 e. The van der Waals surface area contributed by atoms with Crippen LogP contribution in [-0.2, 0) is 0 Å². The van der Waals surface area contributed by atoms with E-state index in [1.807, 2.05) is 18.2 Å². The zero-order valence-corrected chi connectivity index (χ0v) is 34.9. The van der Waals surface area contributed by atoms with Crippen molar-refractivity contribution in [1.29, 1.82) is 0 Å². The molecule has 15 rings (SSSR count). The van der Waals surface area contributed by atoms with Gasteiger partial charge in [0.2, 0.25) is 0 Å². The second-order valence-electron chi connectivity index (χ2n) is 17.3. The Morgan fingerprint density at radius 3 is 1.49 bits per heavy atom. The molecule has 5 nitrogen and oxygen atoms in total. The Morgan fingerprint density at radius 1 is 0.277 bits per heavy atom. The fourth-order valence-corrected chi connectivity index (χ4v) is 10.9. The van der Waals surface area contributed by atoms with Crippen LogP contribution in [0.2, 0.25) is 0 Å². The van der Waals surface area contributed by atoms with Crippen molar-refractivity contribution in [2.75, 3.05) is 0 Å². The van der Waals surface area contributed by atoms with Crippen molar-refractivity contribution >= 4 is 87.4 Å². The molecule has 0 amide bonds. The molecular weight excluding hydrogens is 795 g/mol. The molecule has 0 N–H and O–H groups in total. The van der Waals surface area contributed by atoms with Crippen LogP contribution in [0.4, 0.5) is 0 Å². The summed E-state index contributed by atoms with van der Waals surface area (Å²) in [5.74, 6) is 1.74. The van der Waals surface area contributed by atoms with Crippen LogP contribution in [0.1, 0.15) is 0 Å². The first kappa shape index (κ1) is 34.7. The van der Waals surface area contributed by atoms with E-state index in [4.69, 9.17) is 9.15 Å². The maximum absolute atomic E-state index is 6.61. The molecule has 0 aliphatic carbocycles. The lowest BCUT2D eigenvalue weighted by Gasteiger charge is -2.21. The summed E-state index contributed by atoms with van der Waals surface area (Å²) in [5, 5.41) is 9.57. The third-order valence-corrected chi connectivity index (χ3v) is 13.8. The van der Waals surface area contributed by atoms with Crippen molar-refractivity contribution in [3.8, 4) is 50.8 Å². The quantitative estimate of drug-likeness (QED) is 0.177. The van der Waals surface area contributed by atoms with E-state index in [0.29, 0.717) is 0 Å². The van der Waals surface area contributed by atoms with Gasteiger partial charge in [-0.15, -0.1) is 0 Å². The van der Waals surface area contributed by atoms with Gasteiger partial charge in [0.15, 0.2) is 11.5 Å². The van der Waals surface area contributed by atoms with Gasteiger partial charge in [-0.2, -0.15) is 0 Å². The van der Waals surface area contributed by atoms with Crippen LogP contribution >= 0.6 is 0 Å². The molecule has 14 aromatic rings. The largest absolute Gasteiger partial charge is 0.456 e. The number of furan rings is 1. The zero-order chi connectivity index (χ0) is 42.3. The fourth-order valence-electron chi connectivity index (χ4n) is 10.9. The van der Waals surface area contributed by atoms with Crippen LogP contribution in [0.3, 0.4) is 0 Å². The van der Waals surface area contributed by atoms with E-state index in [0.717, 1.165) is 67.1 Å². The number of nitrogens with zero attached hydrogens (tertiary/aromatic N) is 3. The molecule has 4 aromatic heterocycles. The van der Waals surface area contributed by atoms with Crippen LogP contribution < -0.4 is 4.74 Å². The van der Waals surface area contributed by atoms with Gasteiger partial charge in [-0.1, -0.05) is 109 Å². The SMILES string of the molecule is c1ccc2c(c1)Oc1cc(-c3ccc(-n4c5ccccc5c5cc(-c6ccc7c(c6)c6ccccc6n7-c6ccc7oc8ccccc8c7c6)ccc54)cc3)cc3c4ccccc4n-2c13. The summed E-state index contributed by atoms with van der Waals surface area (Å²) in [6.07, 6.45) is 0. The van der Waals surface area contributed by atoms with Crippen LogP contribution in [0.5, 0.6) is 11.5 Å². The molecule has 0 saturated carbocycles. The van der Waals surface area contributed by atoms with E-state index in [1.165, 1.54) is 71.0 Å². The Bertz CT molecular complexity index is 4330. The topological polar surface area (TPSA) is 37.2 Å². The predicted octanol–water partition coefficient (Wildman–Crippen LogP) is 16.3. The summed E-state index contributed by atoms with van der Waals surface area (Å²) in [7, 11) is 0. The van der Waals surface area contributed by atoms with Crippen LogP contribution in [0.25, 0.3) is 127 Å². The molecule has 10 aromatic carbocycles. The molecule has 0 spiro atoms. The highest BCUT2D eigenvalue weighted by molar-refractivity contribution is 6.15. The first-order valence-electron chi connectivity index (χ1n) is 22.2. The molecule has 1 aliphatic heterocycles. The van der Waals surface area contributed by atoms with Crippen molar-refractivity contribution in [1.82, 2.24) is 13.7 Å². The predicted molar refractivity (Wildman–Crippen MR) is 268 cm³/mol. The van der Waals surface area contributed by atoms with E-state index in [9.17, 15) is 0 Å². The Morgan fingerprint density at radius 2 is 0.785 bits per heavy atom. The summed E-state index contributed by atoms with van der Waals surface area (Å²) in [4.78, 5) is 0. The first-order chi connectivity index (χ1) is 32.2. The first-order valence-corrected chi connectivity index (χ1v) is 22.2. The Kier molecular flexibility index (Phi) is 6.89. The second-order valence-corrected chi connectivity index (χ2v) is 17.3. The molecule has 65 heavy (non-hydrogen) atoms. The Balaban J connectivity index is 0.832. The Hall–Kier alpha value is -8.80. The average Bonchev–Trinajstić information content (AvgIpc) is 4.11. The normalized spacial score (nSPS) is 12.4. The smallest absolute Gasteiger partial charge is 0.152 e. The maximum atomic E-state index is 6.61. The number of fused-ring (bicyclic) bond motifs is 14. The number of hydrogen-bond acceptors (Lipinski definition) is 2.